The Hall–Kier alpha value is -2.77. The van der Waals surface area contributed by atoms with Gasteiger partial charge in [-0.3, -0.25) is 0 Å². The summed E-state index contributed by atoms with van der Waals surface area (Å²) in [6.45, 7) is 6.41. The molecule has 4 N–H and O–H groups in total. The van der Waals surface area contributed by atoms with Crippen LogP contribution in [0.25, 0.3) is 11.4 Å². The molecule has 0 spiro atoms. The van der Waals surface area contributed by atoms with Crippen molar-refractivity contribution in [3.8, 4) is 11.4 Å². The zero-order valence-electron chi connectivity index (χ0n) is 23.2. The van der Waals surface area contributed by atoms with Gasteiger partial charge >= 0.3 is 0 Å². The van der Waals surface area contributed by atoms with Crippen molar-refractivity contribution in [1.82, 2.24) is 19.6 Å². The summed E-state index contributed by atoms with van der Waals surface area (Å²) in [5, 5.41) is 21.8. The quantitative estimate of drug-likeness (QED) is 0.396. The monoisotopic (exact) mass is 549 g/mol. The smallest absolute Gasteiger partial charge is 0.162 e. The molecule has 2 aromatic rings. The Labute approximate surface area is 229 Å². The van der Waals surface area contributed by atoms with Crippen molar-refractivity contribution in [3.63, 3.8) is 0 Å². The molecule has 1 unspecified atom stereocenters. The molecule has 3 heterocycles. The Balaban J connectivity index is 0.000000944. The van der Waals surface area contributed by atoms with E-state index in [1.807, 2.05) is 62.6 Å². The van der Waals surface area contributed by atoms with Crippen LogP contribution in [0, 0.1) is 11.3 Å². The molecule has 12 heteroatoms. The Morgan fingerprint density at radius 1 is 1.05 bits per heavy atom. The van der Waals surface area contributed by atoms with Crippen molar-refractivity contribution in [2.45, 2.75) is 12.8 Å². The van der Waals surface area contributed by atoms with Gasteiger partial charge in [0.05, 0.1) is 35.6 Å². The molecule has 0 saturated carbocycles. The van der Waals surface area contributed by atoms with Crippen molar-refractivity contribution in [2.75, 3.05) is 84.1 Å². The molecule has 0 radical (unpaired) electrons. The Bertz CT molecular complexity index is 980. The average Bonchev–Trinajstić information content (AvgIpc) is 2.99. The van der Waals surface area contributed by atoms with Crippen molar-refractivity contribution < 1.29 is 18.8 Å². The van der Waals surface area contributed by atoms with Crippen LogP contribution in [0.15, 0.2) is 30.3 Å². The van der Waals surface area contributed by atoms with Gasteiger partial charge in [0, 0.05) is 69.8 Å². The van der Waals surface area contributed by atoms with Gasteiger partial charge in [0.25, 0.3) is 0 Å². The fourth-order valence-corrected chi connectivity index (χ4v) is 4.78. The van der Waals surface area contributed by atoms with Gasteiger partial charge < -0.3 is 35.6 Å². The first kappa shape index (κ1) is 33.3. The second-order valence-corrected chi connectivity index (χ2v) is 9.77. The summed E-state index contributed by atoms with van der Waals surface area (Å²) in [5.41, 5.74) is 3.19. The average molecular weight is 550 g/mol. The topological polar surface area (TPSA) is 144 Å². The number of aliphatic hydroxyl groups excluding tert-OH is 1. The minimum atomic E-state index is -0.950. The van der Waals surface area contributed by atoms with Gasteiger partial charge in [0.2, 0.25) is 0 Å². The summed E-state index contributed by atoms with van der Waals surface area (Å²) >= 11 is 0. The van der Waals surface area contributed by atoms with Crippen molar-refractivity contribution in [3.05, 3.63) is 36.0 Å². The summed E-state index contributed by atoms with van der Waals surface area (Å²) < 4.78 is 19.2. The minimum Gasteiger partial charge on any atom is -0.400 e. The lowest BCUT2D eigenvalue weighted by atomic mass is 9.91. The summed E-state index contributed by atoms with van der Waals surface area (Å²) in [6, 6.07) is 9.97. The van der Waals surface area contributed by atoms with Crippen molar-refractivity contribution in [1.29, 1.82) is 5.41 Å². The molecule has 1 aromatic carbocycles. The lowest BCUT2D eigenvalue weighted by Gasteiger charge is -2.31. The molecule has 2 aliphatic heterocycles. The summed E-state index contributed by atoms with van der Waals surface area (Å²) in [5.74, 6) is 1.60. The molecule has 2 fully saturated rings. The van der Waals surface area contributed by atoms with Gasteiger partial charge in [0.1, 0.15) is 12.6 Å². The number of ether oxygens (including phenoxy) is 1. The third-order valence-corrected chi connectivity index (χ3v) is 7.07. The minimum absolute atomic E-state index is 0.117. The normalized spacial score (nSPS) is 16.4. The number of carbonyl (C=O) groups is 1. The predicted molar refractivity (Wildman–Crippen MR) is 155 cm³/mol. The zero-order valence-corrected chi connectivity index (χ0v) is 24.0. The highest BCUT2D eigenvalue weighted by atomic mass is 32.2. The predicted octanol–water partition coefficient (Wildman–Crippen LogP) is 1.65. The van der Waals surface area contributed by atoms with Gasteiger partial charge in [0.15, 0.2) is 5.82 Å². The molecule has 2 saturated heterocycles. The van der Waals surface area contributed by atoms with E-state index in [9.17, 15) is 4.21 Å². The molecule has 4 rings (SSSR count). The van der Waals surface area contributed by atoms with E-state index >= 15 is 0 Å². The molecule has 0 amide bonds. The van der Waals surface area contributed by atoms with E-state index in [4.69, 9.17) is 30.0 Å². The Morgan fingerprint density at radius 3 is 2.11 bits per heavy atom. The molecule has 2 aliphatic rings. The van der Waals surface area contributed by atoms with Crippen LogP contribution in [0.5, 0.6) is 0 Å². The second-order valence-electron chi connectivity index (χ2n) is 8.40. The van der Waals surface area contributed by atoms with Gasteiger partial charge in [-0.1, -0.05) is 0 Å². The van der Waals surface area contributed by atoms with Crippen LogP contribution >= 0.6 is 0 Å². The van der Waals surface area contributed by atoms with Gasteiger partial charge in [-0.25, -0.2) is 18.5 Å². The molecule has 11 nitrogen and oxygen atoms in total. The zero-order chi connectivity index (χ0) is 28.5. The summed E-state index contributed by atoms with van der Waals surface area (Å²) in [7, 11) is 5.69. The first-order valence-electron chi connectivity index (χ1n) is 12.5. The van der Waals surface area contributed by atoms with Crippen LogP contribution in [0.1, 0.15) is 18.5 Å². The van der Waals surface area contributed by atoms with Crippen molar-refractivity contribution in [2.24, 2.45) is 5.92 Å². The fraction of sp³-hybridized carbons (Fsp3) is 0.538. The summed E-state index contributed by atoms with van der Waals surface area (Å²) in [6.07, 6.45) is 3.36. The van der Waals surface area contributed by atoms with Gasteiger partial charge in [-0.2, -0.15) is 0 Å². The molecular weight excluding hydrogens is 506 g/mol. The highest BCUT2D eigenvalue weighted by molar-refractivity contribution is 7.81. The highest BCUT2D eigenvalue weighted by Crippen LogP contribution is 2.26. The van der Waals surface area contributed by atoms with Gasteiger partial charge in [-0.05, 0) is 51.2 Å². The van der Waals surface area contributed by atoms with Crippen LogP contribution in [0.3, 0.4) is 0 Å². The molecule has 212 valence electrons. The number of aliphatic hydroxyl groups is 1. The molecule has 38 heavy (non-hydrogen) atoms. The number of benzene rings is 1. The maximum atomic E-state index is 11.8. The number of nitrogens with one attached hydrogen (secondary N) is 3. The first-order chi connectivity index (χ1) is 18.5. The number of hydrogen-bond acceptors (Lipinski definition) is 10. The second kappa shape index (κ2) is 18.5. The number of anilines is 2. The molecule has 1 aromatic heterocycles. The third-order valence-electron chi connectivity index (χ3n) is 5.98. The number of aromatic nitrogens is 2. The van der Waals surface area contributed by atoms with E-state index in [0.717, 1.165) is 63.2 Å². The number of rotatable bonds is 6. The Kier molecular flexibility index (Phi) is 16.2. The Morgan fingerprint density at radius 2 is 1.61 bits per heavy atom. The van der Waals surface area contributed by atoms with E-state index in [1.54, 1.807) is 6.26 Å². The standard InChI is InChI=1S/C22H30N6O2S.C2H7N.CH4O.CH2O/c1-24-18-5-3-17(4-6-18)22-25-19(15-20(26-22)27-11-13-30-14-12-27)21(23)16-7-9-28(10-8-16)31(2)29;1-3-2;2*1-2/h3-6,15-16,23-24H,7-14H2,1-2H3;3H,1-2H3;2H,1H3;1H2. The van der Waals surface area contributed by atoms with Crippen LogP contribution in [-0.4, -0.2) is 110 Å². The SMILES string of the molecule is C=O.CNC.CNc1ccc(-c2nc(C(=N)C3CCN(S(C)=O)CC3)cc(N3CCOCC3)n2)cc1.CO. The first-order valence-corrected chi connectivity index (χ1v) is 14.0. The lowest BCUT2D eigenvalue weighted by Crippen LogP contribution is -2.38. The largest absolute Gasteiger partial charge is 0.400 e. The van der Waals surface area contributed by atoms with Crippen LogP contribution in [-0.2, 0) is 20.5 Å². The van der Waals surface area contributed by atoms with E-state index in [0.29, 0.717) is 30.4 Å². The fourth-order valence-electron chi connectivity index (χ4n) is 4.05. The summed E-state index contributed by atoms with van der Waals surface area (Å²) in [4.78, 5) is 19.8. The highest BCUT2D eigenvalue weighted by Gasteiger charge is 2.27. The third kappa shape index (κ3) is 9.84. The maximum Gasteiger partial charge on any atom is 0.162 e. The van der Waals surface area contributed by atoms with E-state index in [2.05, 4.69) is 15.5 Å². The van der Waals surface area contributed by atoms with Crippen LogP contribution in [0.2, 0.25) is 0 Å². The molecule has 0 aliphatic carbocycles. The van der Waals surface area contributed by atoms with Gasteiger partial charge in [-0.15, -0.1) is 0 Å². The molecule has 0 bridgehead atoms. The molecular formula is C26H43N7O4S. The number of nitrogens with zero attached hydrogens (tertiary/aromatic N) is 4. The lowest BCUT2D eigenvalue weighted by molar-refractivity contribution is -0.0980. The van der Waals surface area contributed by atoms with E-state index in [1.165, 1.54) is 0 Å². The van der Waals surface area contributed by atoms with E-state index in [-0.39, 0.29) is 5.92 Å². The number of hydrogen-bond donors (Lipinski definition) is 4. The van der Waals surface area contributed by atoms with E-state index < -0.39 is 11.0 Å². The number of piperidine rings is 1. The maximum absolute atomic E-state index is 11.8. The van der Waals surface area contributed by atoms with Crippen molar-refractivity contribution >= 4 is 35.0 Å². The number of carbonyl (C=O) groups excluding carboxylic acids is 1. The van der Waals surface area contributed by atoms with Crippen LogP contribution in [0.4, 0.5) is 11.5 Å². The van der Waals surface area contributed by atoms with Crippen LogP contribution < -0.4 is 15.5 Å². The number of morpholine rings is 1. The molecule has 1 atom stereocenters.